The lowest BCUT2D eigenvalue weighted by atomic mass is 10.0. The Bertz CT molecular complexity index is 798. The minimum Gasteiger partial charge on any atom is -0.478 e. The summed E-state index contributed by atoms with van der Waals surface area (Å²) in [4.78, 5) is 11.7. The van der Waals surface area contributed by atoms with Crippen LogP contribution in [0.3, 0.4) is 0 Å². The third-order valence-corrected chi connectivity index (χ3v) is 3.18. The topological polar surface area (TPSA) is 63.1 Å². The summed E-state index contributed by atoms with van der Waals surface area (Å²) in [6.07, 6.45) is 0. The highest BCUT2D eigenvalue weighted by atomic mass is 16.4. The van der Waals surface area contributed by atoms with Crippen LogP contribution in [0.5, 0.6) is 0 Å². The summed E-state index contributed by atoms with van der Waals surface area (Å²) < 4.78 is 0. The van der Waals surface area contributed by atoms with E-state index in [9.17, 15) is 9.90 Å². The van der Waals surface area contributed by atoms with Crippen LogP contribution in [0.15, 0.2) is 48.5 Å². The van der Waals surface area contributed by atoms with Crippen molar-refractivity contribution in [2.45, 2.75) is 6.92 Å². The highest BCUT2D eigenvalue weighted by Gasteiger charge is 2.18. The molecule has 0 amide bonds. The van der Waals surface area contributed by atoms with Crippen molar-refractivity contribution in [1.82, 2.24) is 10.2 Å². The van der Waals surface area contributed by atoms with Gasteiger partial charge in [0.25, 0.3) is 0 Å². The van der Waals surface area contributed by atoms with E-state index in [1.165, 1.54) is 0 Å². The van der Waals surface area contributed by atoms with Crippen LogP contribution in [-0.2, 0) is 0 Å². The third-order valence-electron chi connectivity index (χ3n) is 3.18. The number of aromatic carboxylic acids is 1. The Morgan fingerprint density at radius 1 is 1.05 bits per heavy atom. The molecule has 4 nitrogen and oxygen atoms in total. The normalized spacial score (nSPS) is 10.7. The molecule has 0 spiro atoms. The van der Waals surface area contributed by atoms with Gasteiger partial charge in [-0.2, -0.15) is 0 Å². The first-order chi connectivity index (χ1) is 9.66. The molecule has 1 N–H and O–H groups in total. The number of carboxylic acids is 1. The Morgan fingerprint density at radius 3 is 2.50 bits per heavy atom. The van der Waals surface area contributed by atoms with Crippen molar-refractivity contribution in [3.63, 3.8) is 0 Å². The molecule has 0 radical (unpaired) electrons. The van der Waals surface area contributed by atoms with E-state index in [1.54, 1.807) is 6.07 Å². The molecule has 2 aromatic carbocycles. The minimum atomic E-state index is -0.991. The first-order valence-corrected chi connectivity index (χ1v) is 6.22. The van der Waals surface area contributed by atoms with E-state index in [-0.39, 0.29) is 5.56 Å². The minimum absolute atomic E-state index is 0.199. The summed E-state index contributed by atoms with van der Waals surface area (Å²) in [5.74, 6) is -0.991. The van der Waals surface area contributed by atoms with Crippen LogP contribution in [0.4, 0.5) is 0 Å². The van der Waals surface area contributed by atoms with Crippen LogP contribution in [0, 0.1) is 6.92 Å². The Balaban J connectivity index is 2.39. The third kappa shape index (κ3) is 2.01. The predicted molar refractivity (Wildman–Crippen MR) is 76.7 cm³/mol. The standard InChI is InChI=1S/C16H12N2O2/c1-10-7-8-13-12(9-10)14(16(19)20)15(18-17-13)11-5-3-2-4-6-11/h2-9H,1H3,(H,19,20). The number of hydrogen-bond donors (Lipinski definition) is 1. The van der Waals surface area contributed by atoms with Gasteiger partial charge in [0.05, 0.1) is 11.1 Å². The molecule has 0 aliphatic heterocycles. The summed E-state index contributed by atoms with van der Waals surface area (Å²) in [5.41, 5.74) is 2.93. The van der Waals surface area contributed by atoms with Crippen molar-refractivity contribution in [3.8, 4) is 11.3 Å². The van der Waals surface area contributed by atoms with Gasteiger partial charge >= 0.3 is 5.97 Å². The monoisotopic (exact) mass is 264 g/mol. The van der Waals surface area contributed by atoms with E-state index in [1.807, 2.05) is 49.4 Å². The van der Waals surface area contributed by atoms with Crippen LogP contribution in [0.2, 0.25) is 0 Å². The molecular formula is C16H12N2O2. The number of carboxylic acid groups (broad SMARTS) is 1. The fourth-order valence-electron chi connectivity index (χ4n) is 2.23. The number of nitrogens with zero attached hydrogens (tertiary/aromatic N) is 2. The van der Waals surface area contributed by atoms with Gasteiger partial charge < -0.3 is 5.11 Å². The number of aromatic nitrogens is 2. The fourth-order valence-corrected chi connectivity index (χ4v) is 2.23. The summed E-state index contributed by atoms with van der Waals surface area (Å²) >= 11 is 0. The van der Waals surface area contributed by atoms with Crippen molar-refractivity contribution < 1.29 is 9.90 Å². The molecule has 0 aliphatic carbocycles. The first-order valence-electron chi connectivity index (χ1n) is 6.22. The van der Waals surface area contributed by atoms with Crippen molar-refractivity contribution in [2.75, 3.05) is 0 Å². The second-order valence-corrected chi connectivity index (χ2v) is 4.62. The van der Waals surface area contributed by atoms with E-state index in [4.69, 9.17) is 0 Å². The zero-order valence-corrected chi connectivity index (χ0v) is 10.9. The lowest BCUT2D eigenvalue weighted by Crippen LogP contribution is -2.05. The molecule has 4 heteroatoms. The molecule has 20 heavy (non-hydrogen) atoms. The molecule has 1 heterocycles. The average molecular weight is 264 g/mol. The fraction of sp³-hybridized carbons (Fsp3) is 0.0625. The number of rotatable bonds is 2. The molecule has 98 valence electrons. The van der Waals surface area contributed by atoms with E-state index in [2.05, 4.69) is 10.2 Å². The molecule has 0 saturated heterocycles. The van der Waals surface area contributed by atoms with Crippen LogP contribution >= 0.6 is 0 Å². The molecule has 0 fully saturated rings. The van der Waals surface area contributed by atoms with Gasteiger partial charge in [0.1, 0.15) is 5.69 Å². The second kappa shape index (κ2) is 4.74. The van der Waals surface area contributed by atoms with Gasteiger partial charge in [-0.25, -0.2) is 4.79 Å². The van der Waals surface area contributed by atoms with E-state index < -0.39 is 5.97 Å². The van der Waals surface area contributed by atoms with Crippen molar-refractivity contribution in [2.24, 2.45) is 0 Å². The van der Waals surface area contributed by atoms with Crippen molar-refractivity contribution in [3.05, 3.63) is 59.7 Å². The van der Waals surface area contributed by atoms with Crippen LogP contribution in [-0.4, -0.2) is 21.3 Å². The predicted octanol–water partition coefficient (Wildman–Crippen LogP) is 3.30. The quantitative estimate of drug-likeness (QED) is 0.771. The van der Waals surface area contributed by atoms with E-state index in [0.717, 1.165) is 11.1 Å². The van der Waals surface area contributed by atoms with Gasteiger partial charge in [0, 0.05) is 10.9 Å². The van der Waals surface area contributed by atoms with Crippen LogP contribution in [0.1, 0.15) is 15.9 Å². The maximum atomic E-state index is 11.7. The molecule has 1 aromatic heterocycles. The maximum Gasteiger partial charge on any atom is 0.338 e. The summed E-state index contributed by atoms with van der Waals surface area (Å²) in [6.45, 7) is 1.92. The summed E-state index contributed by atoms with van der Waals surface area (Å²) in [6, 6.07) is 14.8. The Labute approximate surface area is 115 Å². The van der Waals surface area contributed by atoms with Crippen molar-refractivity contribution >= 4 is 16.9 Å². The number of benzene rings is 2. The molecule has 3 aromatic rings. The SMILES string of the molecule is Cc1ccc2nnc(-c3ccccc3)c(C(=O)O)c2c1. The second-order valence-electron chi connectivity index (χ2n) is 4.62. The molecule has 0 bridgehead atoms. The zero-order valence-electron chi connectivity index (χ0n) is 10.9. The summed E-state index contributed by atoms with van der Waals surface area (Å²) in [5, 5.41) is 18.4. The number of carbonyl (C=O) groups is 1. The Hall–Kier alpha value is -2.75. The maximum absolute atomic E-state index is 11.7. The van der Waals surface area contributed by atoms with Gasteiger partial charge in [-0.1, -0.05) is 42.0 Å². The van der Waals surface area contributed by atoms with Crippen LogP contribution < -0.4 is 0 Å². The van der Waals surface area contributed by atoms with Gasteiger partial charge in [0.15, 0.2) is 0 Å². The Kier molecular flexibility index (Phi) is 2.91. The smallest absolute Gasteiger partial charge is 0.338 e. The van der Waals surface area contributed by atoms with Crippen molar-refractivity contribution in [1.29, 1.82) is 0 Å². The number of hydrogen-bond acceptors (Lipinski definition) is 3. The molecule has 0 atom stereocenters. The highest BCUT2D eigenvalue weighted by Crippen LogP contribution is 2.27. The van der Waals surface area contributed by atoms with E-state index in [0.29, 0.717) is 16.6 Å². The van der Waals surface area contributed by atoms with Gasteiger partial charge in [0.2, 0.25) is 0 Å². The Morgan fingerprint density at radius 2 is 1.80 bits per heavy atom. The largest absolute Gasteiger partial charge is 0.478 e. The summed E-state index contributed by atoms with van der Waals surface area (Å²) in [7, 11) is 0. The van der Waals surface area contributed by atoms with Gasteiger partial charge in [-0.05, 0) is 19.1 Å². The highest BCUT2D eigenvalue weighted by molar-refractivity contribution is 6.07. The van der Waals surface area contributed by atoms with Crippen LogP contribution in [0.25, 0.3) is 22.2 Å². The van der Waals surface area contributed by atoms with Gasteiger partial charge in [-0.15, -0.1) is 10.2 Å². The average Bonchev–Trinajstić information content (AvgIpc) is 2.46. The number of fused-ring (bicyclic) bond motifs is 1. The molecule has 0 aliphatic rings. The molecular weight excluding hydrogens is 252 g/mol. The number of aryl methyl sites for hydroxylation is 1. The van der Waals surface area contributed by atoms with E-state index >= 15 is 0 Å². The molecule has 0 saturated carbocycles. The zero-order chi connectivity index (χ0) is 14.1. The molecule has 0 unspecified atom stereocenters. The molecule has 3 rings (SSSR count). The lowest BCUT2D eigenvalue weighted by molar-refractivity contribution is 0.0699. The van der Waals surface area contributed by atoms with Gasteiger partial charge in [-0.3, -0.25) is 0 Å². The lowest BCUT2D eigenvalue weighted by Gasteiger charge is -2.08. The first kappa shape index (κ1) is 12.3.